The third-order valence-corrected chi connectivity index (χ3v) is 2.47. The second-order valence-corrected chi connectivity index (χ2v) is 4.33. The lowest BCUT2D eigenvalue weighted by Gasteiger charge is -2.07. The molecule has 20 heavy (non-hydrogen) atoms. The van der Waals surface area contributed by atoms with Crippen LogP contribution in [0.1, 0.15) is 0 Å². The quantitative estimate of drug-likeness (QED) is 0.704. The Hall–Kier alpha value is -1.63. The minimum atomic E-state index is -0.336. The van der Waals surface area contributed by atoms with Crippen LogP contribution in [0.4, 0.5) is 5.69 Å². The van der Waals surface area contributed by atoms with Crippen LogP contribution in [0.15, 0.2) is 24.3 Å². The van der Waals surface area contributed by atoms with E-state index in [1.54, 1.807) is 31.4 Å². The minimum absolute atomic E-state index is 0.169. The van der Waals surface area contributed by atoms with E-state index in [0.29, 0.717) is 23.9 Å². The summed E-state index contributed by atoms with van der Waals surface area (Å²) in [5, 5.41) is 5.79. The third kappa shape index (κ3) is 7.08. The van der Waals surface area contributed by atoms with E-state index in [0.717, 1.165) is 0 Å². The molecule has 0 aliphatic rings. The molecule has 2 N–H and O–H groups in total. The number of benzene rings is 1. The van der Waals surface area contributed by atoms with Gasteiger partial charge in [-0.25, -0.2) is 0 Å². The Bertz CT molecular complexity index is 437. The summed E-state index contributed by atoms with van der Waals surface area (Å²) in [6.45, 7) is 0.483. The third-order valence-electron chi connectivity index (χ3n) is 2.22. The molecule has 2 amide bonds. The van der Waals surface area contributed by atoms with Crippen LogP contribution >= 0.6 is 11.6 Å². The number of carbonyl (C=O) groups excluding carboxylic acids is 2. The predicted molar refractivity (Wildman–Crippen MR) is 75.8 cm³/mol. The maximum absolute atomic E-state index is 11.5. The van der Waals surface area contributed by atoms with Gasteiger partial charge in [0, 0.05) is 24.4 Å². The summed E-state index contributed by atoms with van der Waals surface area (Å²) in [6, 6.07) is 6.69. The van der Waals surface area contributed by atoms with Crippen molar-refractivity contribution >= 4 is 29.1 Å². The molecule has 0 saturated heterocycles. The molecule has 7 heteroatoms. The molecule has 0 heterocycles. The van der Waals surface area contributed by atoms with E-state index >= 15 is 0 Å². The lowest BCUT2D eigenvalue weighted by atomic mass is 10.3. The molecule has 0 aliphatic heterocycles. The molecule has 0 aliphatic carbocycles. The van der Waals surface area contributed by atoms with Crippen molar-refractivity contribution in [1.82, 2.24) is 5.32 Å². The van der Waals surface area contributed by atoms with E-state index < -0.39 is 0 Å². The molecule has 0 fully saturated rings. The van der Waals surface area contributed by atoms with Crippen LogP contribution in [0.5, 0.6) is 0 Å². The zero-order valence-corrected chi connectivity index (χ0v) is 11.9. The summed E-state index contributed by atoms with van der Waals surface area (Å²) in [5.41, 5.74) is 0.618. The summed E-state index contributed by atoms with van der Waals surface area (Å²) in [6.07, 6.45) is 0. The Balaban J connectivity index is 2.17. The number of anilines is 1. The van der Waals surface area contributed by atoms with Crippen molar-refractivity contribution in [3.8, 4) is 0 Å². The van der Waals surface area contributed by atoms with Gasteiger partial charge in [-0.05, 0) is 24.3 Å². The summed E-state index contributed by atoms with van der Waals surface area (Å²) in [4.78, 5) is 22.8. The molecule has 0 bridgehead atoms. The standard InChI is InChI=1S/C13H17ClN2O4/c1-19-7-6-15-12(17)8-20-9-13(18)16-11-4-2-10(14)3-5-11/h2-5H,6-9H2,1H3,(H,15,17)(H,16,18). The number of methoxy groups -OCH3 is 1. The van der Waals surface area contributed by atoms with Gasteiger partial charge in [-0.2, -0.15) is 0 Å². The van der Waals surface area contributed by atoms with Crippen molar-refractivity contribution in [3.05, 3.63) is 29.3 Å². The molecule has 6 nitrogen and oxygen atoms in total. The Morgan fingerprint density at radius 3 is 2.45 bits per heavy atom. The fraction of sp³-hybridized carbons (Fsp3) is 0.385. The molecular weight excluding hydrogens is 284 g/mol. The molecule has 1 aromatic carbocycles. The molecule has 0 spiro atoms. The van der Waals surface area contributed by atoms with E-state index in [2.05, 4.69) is 10.6 Å². The zero-order valence-electron chi connectivity index (χ0n) is 11.1. The molecule has 0 saturated carbocycles. The molecule has 1 aromatic rings. The van der Waals surface area contributed by atoms with Crippen LogP contribution in [0.2, 0.25) is 5.02 Å². The topological polar surface area (TPSA) is 76.7 Å². The first-order valence-electron chi connectivity index (χ1n) is 6.00. The highest BCUT2D eigenvalue weighted by molar-refractivity contribution is 6.30. The van der Waals surface area contributed by atoms with Gasteiger partial charge >= 0.3 is 0 Å². The van der Waals surface area contributed by atoms with Gasteiger partial charge in [0.25, 0.3) is 0 Å². The Morgan fingerprint density at radius 1 is 1.15 bits per heavy atom. The molecule has 0 unspecified atom stereocenters. The van der Waals surface area contributed by atoms with Crippen LogP contribution in [-0.2, 0) is 19.1 Å². The van der Waals surface area contributed by atoms with Crippen LogP contribution in [0.25, 0.3) is 0 Å². The van der Waals surface area contributed by atoms with Crippen LogP contribution in [0, 0.1) is 0 Å². The maximum Gasteiger partial charge on any atom is 0.250 e. The molecule has 1 rings (SSSR count). The first kappa shape index (κ1) is 16.4. The summed E-state index contributed by atoms with van der Waals surface area (Å²) >= 11 is 5.73. The summed E-state index contributed by atoms with van der Waals surface area (Å²) in [5.74, 6) is -0.627. The highest BCUT2D eigenvalue weighted by Crippen LogP contribution is 2.13. The van der Waals surface area contributed by atoms with Gasteiger partial charge in [-0.1, -0.05) is 11.6 Å². The Kier molecular flexibility index (Phi) is 7.64. The van der Waals surface area contributed by atoms with Crippen molar-refractivity contribution in [3.63, 3.8) is 0 Å². The fourth-order valence-electron chi connectivity index (χ4n) is 1.31. The fourth-order valence-corrected chi connectivity index (χ4v) is 1.44. The van der Waals surface area contributed by atoms with Gasteiger partial charge in [0.2, 0.25) is 11.8 Å². The number of rotatable bonds is 8. The van der Waals surface area contributed by atoms with E-state index in [1.807, 2.05) is 0 Å². The Labute approximate surface area is 122 Å². The summed E-state index contributed by atoms with van der Waals surface area (Å²) < 4.78 is 9.77. The zero-order chi connectivity index (χ0) is 14.8. The Morgan fingerprint density at radius 2 is 1.80 bits per heavy atom. The van der Waals surface area contributed by atoms with E-state index in [1.165, 1.54) is 0 Å². The SMILES string of the molecule is COCCNC(=O)COCC(=O)Nc1ccc(Cl)cc1. The number of nitrogens with one attached hydrogen (secondary N) is 2. The number of carbonyl (C=O) groups is 2. The number of halogens is 1. The van der Waals surface area contributed by atoms with Gasteiger partial charge in [-0.15, -0.1) is 0 Å². The van der Waals surface area contributed by atoms with Gasteiger partial charge in [0.15, 0.2) is 0 Å². The molecule has 0 aromatic heterocycles. The van der Waals surface area contributed by atoms with Crippen molar-refractivity contribution < 1.29 is 19.1 Å². The van der Waals surface area contributed by atoms with Crippen molar-refractivity contribution in [2.45, 2.75) is 0 Å². The number of amides is 2. The maximum atomic E-state index is 11.5. The van der Waals surface area contributed by atoms with Gasteiger partial charge < -0.3 is 20.1 Å². The largest absolute Gasteiger partial charge is 0.383 e. The second kappa shape index (κ2) is 9.30. The van der Waals surface area contributed by atoms with Crippen molar-refractivity contribution in [2.75, 3.05) is 38.8 Å². The lowest BCUT2D eigenvalue weighted by molar-refractivity contribution is -0.128. The number of ether oxygens (including phenoxy) is 2. The number of hydrogen-bond acceptors (Lipinski definition) is 4. The van der Waals surface area contributed by atoms with E-state index in [-0.39, 0.29) is 25.0 Å². The normalized spacial score (nSPS) is 10.1. The average molecular weight is 301 g/mol. The van der Waals surface area contributed by atoms with Gasteiger partial charge in [-0.3, -0.25) is 9.59 Å². The number of hydrogen-bond donors (Lipinski definition) is 2. The molecule has 0 radical (unpaired) electrons. The monoisotopic (exact) mass is 300 g/mol. The highest BCUT2D eigenvalue weighted by Gasteiger charge is 2.05. The van der Waals surface area contributed by atoms with E-state index in [4.69, 9.17) is 21.1 Å². The first-order valence-corrected chi connectivity index (χ1v) is 6.38. The lowest BCUT2D eigenvalue weighted by Crippen LogP contribution is -2.31. The highest BCUT2D eigenvalue weighted by atomic mass is 35.5. The van der Waals surface area contributed by atoms with Crippen LogP contribution in [-0.4, -0.2) is 45.3 Å². The van der Waals surface area contributed by atoms with E-state index in [9.17, 15) is 9.59 Å². The van der Waals surface area contributed by atoms with Crippen molar-refractivity contribution in [1.29, 1.82) is 0 Å². The van der Waals surface area contributed by atoms with Gasteiger partial charge in [0.05, 0.1) is 6.61 Å². The molecular formula is C13H17ClN2O4. The van der Waals surface area contributed by atoms with Gasteiger partial charge in [0.1, 0.15) is 13.2 Å². The van der Waals surface area contributed by atoms with Crippen LogP contribution in [0.3, 0.4) is 0 Å². The van der Waals surface area contributed by atoms with Crippen molar-refractivity contribution in [2.24, 2.45) is 0 Å². The molecule has 0 atom stereocenters. The summed E-state index contributed by atoms with van der Waals surface area (Å²) in [7, 11) is 1.55. The minimum Gasteiger partial charge on any atom is -0.383 e. The van der Waals surface area contributed by atoms with Crippen LogP contribution < -0.4 is 10.6 Å². The average Bonchev–Trinajstić information content (AvgIpc) is 2.42. The molecule has 110 valence electrons. The smallest absolute Gasteiger partial charge is 0.250 e. The first-order chi connectivity index (χ1) is 9.61. The predicted octanol–water partition coefficient (Wildman–Crippen LogP) is 1.06. The second-order valence-electron chi connectivity index (χ2n) is 3.89.